The van der Waals surface area contributed by atoms with E-state index in [1.165, 1.54) is 5.56 Å². The molecule has 6 aromatic rings. The van der Waals surface area contributed by atoms with Crippen molar-refractivity contribution in [1.82, 2.24) is 0 Å². The number of hydrogen-bond donors (Lipinski definition) is 2. The Labute approximate surface area is 227 Å². The summed E-state index contributed by atoms with van der Waals surface area (Å²) in [7, 11) is 5.35. The van der Waals surface area contributed by atoms with Crippen LogP contribution < -0.4 is 14.0 Å². The van der Waals surface area contributed by atoms with Crippen LogP contribution in [0.3, 0.4) is 0 Å². The highest BCUT2D eigenvalue weighted by atomic mass is 16.5. The van der Waals surface area contributed by atoms with Crippen molar-refractivity contribution in [2.75, 3.05) is 14.2 Å². The van der Waals surface area contributed by atoms with E-state index in [0.717, 1.165) is 60.3 Å². The van der Waals surface area contributed by atoms with Gasteiger partial charge in [0.1, 0.15) is 7.05 Å². The van der Waals surface area contributed by atoms with Gasteiger partial charge in [-0.25, -0.2) is 0 Å². The van der Waals surface area contributed by atoms with Gasteiger partial charge in [-0.2, -0.15) is 4.57 Å². The molecule has 0 bridgehead atoms. The molecular weight excluding hydrogens is 486 g/mol. The number of aryl methyl sites for hydroxylation is 1. The summed E-state index contributed by atoms with van der Waals surface area (Å²) >= 11 is 0. The van der Waals surface area contributed by atoms with Gasteiger partial charge in [0.25, 0.3) is 0 Å². The molecule has 5 aromatic carbocycles. The molecule has 1 heterocycles. The largest absolute Gasteiger partial charge is 0.493 e. The van der Waals surface area contributed by atoms with Gasteiger partial charge in [-0.05, 0) is 39.9 Å². The number of fused-ring (bicyclic) bond motifs is 5. The molecule has 0 fully saturated rings. The van der Waals surface area contributed by atoms with E-state index in [1.807, 2.05) is 49.6 Å². The lowest BCUT2D eigenvalue weighted by molar-refractivity contribution is -0.642. The predicted octanol–water partition coefficient (Wildman–Crippen LogP) is 6.31. The normalized spacial score (nSPS) is 11.4. The van der Waals surface area contributed by atoms with E-state index < -0.39 is 0 Å². The third-order valence-corrected chi connectivity index (χ3v) is 7.67. The third-order valence-electron chi connectivity index (χ3n) is 7.67. The highest BCUT2D eigenvalue weighted by molar-refractivity contribution is 6.17. The van der Waals surface area contributed by atoms with Crippen LogP contribution in [0.5, 0.6) is 11.5 Å². The Kier molecular flexibility index (Phi) is 6.39. The van der Waals surface area contributed by atoms with Crippen molar-refractivity contribution in [2.45, 2.75) is 13.2 Å². The fourth-order valence-electron chi connectivity index (χ4n) is 5.80. The minimum absolute atomic E-state index is 0.116. The molecule has 0 aliphatic heterocycles. The Balaban J connectivity index is 1.66. The van der Waals surface area contributed by atoms with E-state index in [2.05, 4.69) is 53.1 Å². The zero-order valence-electron chi connectivity index (χ0n) is 22.2. The van der Waals surface area contributed by atoms with Crippen molar-refractivity contribution in [3.63, 3.8) is 0 Å². The average molecular weight is 517 g/mol. The summed E-state index contributed by atoms with van der Waals surface area (Å²) in [4.78, 5) is 0. The number of methoxy groups -OCH3 is 2. The number of ether oxygens (including phenoxy) is 2. The number of aromatic nitrogens is 1. The number of benzene rings is 5. The minimum atomic E-state index is -0.138. The second-order valence-electron chi connectivity index (χ2n) is 9.71. The van der Waals surface area contributed by atoms with E-state index in [-0.39, 0.29) is 13.2 Å². The van der Waals surface area contributed by atoms with Crippen LogP contribution in [0.4, 0.5) is 0 Å². The van der Waals surface area contributed by atoms with Gasteiger partial charge in [0.15, 0.2) is 17.7 Å². The number of aliphatic hydroxyl groups is 2. The van der Waals surface area contributed by atoms with Crippen LogP contribution in [0, 0.1) is 0 Å². The molecule has 6 rings (SSSR count). The van der Waals surface area contributed by atoms with Gasteiger partial charge in [0, 0.05) is 16.3 Å². The molecule has 1 aromatic heterocycles. The number of rotatable bonds is 6. The van der Waals surface area contributed by atoms with Crippen LogP contribution in [0.25, 0.3) is 54.7 Å². The summed E-state index contributed by atoms with van der Waals surface area (Å²) in [5.74, 6) is 1.35. The second kappa shape index (κ2) is 10.0. The molecule has 5 heteroatoms. The number of hydrogen-bond acceptors (Lipinski definition) is 4. The standard InChI is InChI=1S/C34H30NO4/c1-35-18-29-25(14-13-24(19-36)30(29)20-37)27-16-15-26-28(33(27)35)17-31(38-2)34(39-3)32(26)23-11-9-22(10-12-23)21-7-5-4-6-8-21/h4-18,36-37H,19-20H2,1-3H3/q+1. The lowest BCUT2D eigenvalue weighted by Crippen LogP contribution is -2.29. The third kappa shape index (κ3) is 3.98. The smallest absolute Gasteiger partial charge is 0.220 e. The molecule has 0 unspecified atom stereocenters. The molecule has 0 atom stereocenters. The Bertz CT molecular complexity index is 1840. The highest BCUT2D eigenvalue weighted by Gasteiger charge is 2.23. The average Bonchev–Trinajstić information content (AvgIpc) is 2.99. The van der Waals surface area contributed by atoms with Gasteiger partial charge in [-0.1, -0.05) is 72.8 Å². The van der Waals surface area contributed by atoms with Gasteiger partial charge in [-0.15, -0.1) is 0 Å². The molecule has 0 saturated heterocycles. The molecule has 2 N–H and O–H groups in total. The zero-order chi connectivity index (χ0) is 27.1. The highest BCUT2D eigenvalue weighted by Crippen LogP contribution is 2.46. The molecule has 0 amide bonds. The quantitative estimate of drug-likeness (QED) is 0.201. The number of aliphatic hydroxyl groups excluding tert-OH is 2. The van der Waals surface area contributed by atoms with E-state index >= 15 is 0 Å². The maximum absolute atomic E-state index is 10.1. The van der Waals surface area contributed by atoms with Crippen molar-refractivity contribution in [3.05, 3.63) is 102 Å². The van der Waals surface area contributed by atoms with Gasteiger partial charge < -0.3 is 19.7 Å². The molecule has 0 radical (unpaired) electrons. The van der Waals surface area contributed by atoms with Crippen molar-refractivity contribution in [1.29, 1.82) is 0 Å². The van der Waals surface area contributed by atoms with Gasteiger partial charge in [0.05, 0.1) is 43.6 Å². The molecule has 0 saturated carbocycles. The van der Waals surface area contributed by atoms with Gasteiger partial charge in [0.2, 0.25) is 5.52 Å². The zero-order valence-corrected chi connectivity index (χ0v) is 22.2. The molecule has 5 nitrogen and oxygen atoms in total. The van der Waals surface area contributed by atoms with Crippen LogP contribution in [-0.2, 0) is 20.3 Å². The summed E-state index contributed by atoms with van der Waals surface area (Å²) < 4.78 is 13.9. The van der Waals surface area contributed by atoms with Crippen LogP contribution in [-0.4, -0.2) is 24.4 Å². The Hall–Kier alpha value is -4.45. The first kappa shape index (κ1) is 24.9. The van der Waals surface area contributed by atoms with Crippen molar-refractivity contribution in [3.8, 4) is 33.8 Å². The summed E-state index contributed by atoms with van der Waals surface area (Å²) in [6.07, 6.45) is 2.03. The summed E-state index contributed by atoms with van der Waals surface area (Å²) in [6, 6.07) is 29.1. The summed E-state index contributed by atoms with van der Waals surface area (Å²) in [5.41, 5.74) is 6.85. The molecule has 39 heavy (non-hydrogen) atoms. The van der Waals surface area contributed by atoms with E-state index in [0.29, 0.717) is 11.5 Å². The molecule has 0 aliphatic rings. The van der Waals surface area contributed by atoms with Crippen LogP contribution in [0.15, 0.2) is 91.1 Å². The second-order valence-corrected chi connectivity index (χ2v) is 9.71. The lowest BCUT2D eigenvalue weighted by atomic mass is 9.91. The number of nitrogens with zero attached hydrogens (tertiary/aromatic N) is 1. The predicted molar refractivity (Wildman–Crippen MR) is 156 cm³/mol. The Morgan fingerprint density at radius 2 is 1.31 bits per heavy atom. The maximum Gasteiger partial charge on any atom is 0.220 e. The SMILES string of the molecule is COc1cc2c(ccc3c4ccc(CO)c(CO)c4c[n+](C)c23)c(-c2ccc(-c3ccccc3)cc2)c1OC. The topological polar surface area (TPSA) is 62.8 Å². The molecule has 0 aliphatic carbocycles. The van der Waals surface area contributed by atoms with Crippen molar-refractivity contribution < 1.29 is 24.3 Å². The first-order chi connectivity index (χ1) is 19.1. The summed E-state index contributed by atoms with van der Waals surface area (Å²) in [5, 5.41) is 25.0. The van der Waals surface area contributed by atoms with Crippen molar-refractivity contribution >= 4 is 32.4 Å². The molecule has 0 spiro atoms. The fraction of sp³-hybridized carbons (Fsp3) is 0.147. The monoisotopic (exact) mass is 516 g/mol. The molecule has 194 valence electrons. The van der Waals surface area contributed by atoms with Gasteiger partial charge >= 0.3 is 0 Å². The maximum atomic E-state index is 10.1. The van der Waals surface area contributed by atoms with E-state index in [1.54, 1.807) is 14.2 Å². The fourth-order valence-corrected chi connectivity index (χ4v) is 5.80. The van der Waals surface area contributed by atoms with E-state index in [9.17, 15) is 10.2 Å². The van der Waals surface area contributed by atoms with E-state index in [4.69, 9.17) is 9.47 Å². The molecular formula is C34H30NO4+. The minimum Gasteiger partial charge on any atom is -0.493 e. The van der Waals surface area contributed by atoms with Crippen LogP contribution >= 0.6 is 0 Å². The van der Waals surface area contributed by atoms with Crippen molar-refractivity contribution in [2.24, 2.45) is 7.05 Å². The van der Waals surface area contributed by atoms with Crippen LogP contribution in [0.1, 0.15) is 11.1 Å². The lowest BCUT2D eigenvalue weighted by Gasteiger charge is -2.18. The first-order valence-corrected chi connectivity index (χ1v) is 12.9. The van der Waals surface area contributed by atoms with Crippen LogP contribution in [0.2, 0.25) is 0 Å². The van der Waals surface area contributed by atoms with Gasteiger partial charge in [-0.3, -0.25) is 0 Å². The number of pyridine rings is 1. The Morgan fingerprint density at radius 1 is 0.641 bits per heavy atom. The Morgan fingerprint density at radius 3 is 1.97 bits per heavy atom. The first-order valence-electron chi connectivity index (χ1n) is 12.9. The summed E-state index contributed by atoms with van der Waals surface area (Å²) in [6.45, 7) is -0.255.